The Labute approximate surface area is 159 Å². The highest BCUT2D eigenvalue weighted by Crippen LogP contribution is 2.26. The lowest BCUT2D eigenvalue weighted by Gasteiger charge is -2.35. The van der Waals surface area contributed by atoms with Crippen LogP contribution in [0.25, 0.3) is 0 Å². The third-order valence-electron chi connectivity index (χ3n) is 5.32. The number of nitrogens with one attached hydrogen (secondary N) is 1. The molecule has 0 atom stereocenters. The molecule has 0 unspecified atom stereocenters. The van der Waals surface area contributed by atoms with Gasteiger partial charge in [0.1, 0.15) is 6.54 Å². The second-order valence-electron chi connectivity index (χ2n) is 8.37. The highest BCUT2D eigenvalue weighted by Gasteiger charge is 2.24. The fourth-order valence-corrected chi connectivity index (χ4v) is 3.53. The van der Waals surface area contributed by atoms with E-state index >= 15 is 0 Å². The molecule has 0 spiro atoms. The van der Waals surface area contributed by atoms with Gasteiger partial charge >= 0.3 is 0 Å². The van der Waals surface area contributed by atoms with Crippen LogP contribution in [-0.2, 0) is 9.53 Å². The monoisotopic (exact) mass is 366 g/mol. The zero-order valence-electron chi connectivity index (χ0n) is 17.2. The van der Waals surface area contributed by atoms with E-state index in [0.717, 1.165) is 51.0 Å². The van der Waals surface area contributed by atoms with Gasteiger partial charge in [-0.1, -0.05) is 26.7 Å². The fraction of sp³-hybridized carbons (Fsp3) is 0.900. The number of carbonyl (C=O) groups excluding carboxylic acids is 1. The van der Waals surface area contributed by atoms with Gasteiger partial charge in [0, 0.05) is 40.3 Å². The minimum Gasteiger partial charge on any atom is -0.378 e. The van der Waals surface area contributed by atoms with Gasteiger partial charge < -0.3 is 19.9 Å². The molecule has 1 aliphatic carbocycles. The lowest BCUT2D eigenvalue weighted by Crippen LogP contribution is -2.48. The number of ether oxygens (including phenoxy) is 1. The van der Waals surface area contributed by atoms with E-state index in [0.29, 0.717) is 12.0 Å². The van der Waals surface area contributed by atoms with Gasteiger partial charge in [-0.15, -0.1) is 0 Å². The van der Waals surface area contributed by atoms with E-state index < -0.39 is 0 Å². The van der Waals surface area contributed by atoms with Crippen LogP contribution in [0.3, 0.4) is 0 Å². The predicted molar refractivity (Wildman–Crippen MR) is 106 cm³/mol. The molecule has 2 rings (SSSR count). The molecule has 2 fully saturated rings. The number of likely N-dealkylation sites (tertiary alicyclic amines) is 1. The first-order valence-corrected chi connectivity index (χ1v) is 10.3. The summed E-state index contributed by atoms with van der Waals surface area (Å²) in [6.45, 7) is 8.25. The molecule has 1 saturated heterocycles. The summed E-state index contributed by atoms with van der Waals surface area (Å²) in [4.78, 5) is 20.3. The smallest absolute Gasteiger partial charge is 0.243 e. The average Bonchev–Trinajstić information content (AvgIpc) is 3.13. The maximum Gasteiger partial charge on any atom is 0.243 e. The Balaban J connectivity index is 1.81. The quantitative estimate of drug-likeness (QED) is 0.555. The zero-order chi connectivity index (χ0) is 18.9. The van der Waals surface area contributed by atoms with Crippen LogP contribution >= 0.6 is 0 Å². The number of carbonyl (C=O) groups is 1. The van der Waals surface area contributed by atoms with Crippen LogP contribution in [0, 0.1) is 11.8 Å². The van der Waals surface area contributed by atoms with Crippen molar-refractivity contribution in [2.24, 2.45) is 16.8 Å². The molecule has 6 nitrogen and oxygen atoms in total. The maximum absolute atomic E-state index is 11.9. The van der Waals surface area contributed by atoms with E-state index in [9.17, 15) is 4.79 Å². The third-order valence-corrected chi connectivity index (χ3v) is 5.32. The van der Waals surface area contributed by atoms with Crippen molar-refractivity contribution in [2.45, 2.75) is 58.5 Å². The molecule has 6 heteroatoms. The minimum absolute atomic E-state index is 0.0311. The largest absolute Gasteiger partial charge is 0.378 e. The molecule has 0 aromatic rings. The van der Waals surface area contributed by atoms with Crippen molar-refractivity contribution in [3.63, 3.8) is 0 Å². The number of amides is 1. The highest BCUT2D eigenvalue weighted by atomic mass is 16.5. The molecule has 1 N–H and O–H groups in total. The summed E-state index contributed by atoms with van der Waals surface area (Å²) in [5.41, 5.74) is 0. The normalized spacial score (nSPS) is 20.0. The Morgan fingerprint density at radius 3 is 2.42 bits per heavy atom. The predicted octanol–water partition coefficient (Wildman–Crippen LogP) is 2.35. The Bertz CT molecular complexity index is 451. The molecule has 0 bridgehead atoms. The van der Waals surface area contributed by atoms with Crippen LogP contribution in [0.1, 0.15) is 52.4 Å². The first-order chi connectivity index (χ1) is 12.5. The lowest BCUT2D eigenvalue weighted by atomic mass is 10.1. The van der Waals surface area contributed by atoms with E-state index in [1.54, 1.807) is 19.0 Å². The zero-order valence-corrected chi connectivity index (χ0v) is 17.2. The van der Waals surface area contributed by atoms with Gasteiger partial charge in [0.2, 0.25) is 5.91 Å². The van der Waals surface area contributed by atoms with E-state index in [2.05, 4.69) is 29.1 Å². The summed E-state index contributed by atoms with van der Waals surface area (Å²) >= 11 is 0. The van der Waals surface area contributed by atoms with Crippen molar-refractivity contribution in [1.29, 1.82) is 0 Å². The van der Waals surface area contributed by atoms with E-state index in [1.165, 1.54) is 25.7 Å². The molecular formula is C20H38N4O2. The van der Waals surface area contributed by atoms with Gasteiger partial charge in [0.15, 0.2) is 5.96 Å². The fourth-order valence-electron chi connectivity index (χ4n) is 3.53. The van der Waals surface area contributed by atoms with Crippen molar-refractivity contribution < 1.29 is 9.53 Å². The summed E-state index contributed by atoms with van der Waals surface area (Å²) in [7, 11) is 3.54. The van der Waals surface area contributed by atoms with E-state index in [-0.39, 0.29) is 12.5 Å². The molecule has 1 saturated carbocycles. The summed E-state index contributed by atoms with van der Waals surface area (Å²) in [6.07, 6.45) is 7.89. The van der Waals surface area contributed by atoms with Gasteiger partial charge in [0.25, 0.3) is 0 Å². The molecule has 2 aliphatic rings. The molecule has 1 heterocycles. The molecule has 0 radical (unpaired) electrons. The van der Waals surface area contributed by atoms with Crippen LogP contribution in [0.15, 0.2) is 4.99 Å². The van der Waals surface area contributed by atoms with Gasteiger partial charge in [-0.2, -0.15) is 0 Å². The lowest BCUT2D eigenvalue weighted by molar-refractivity contribution is -0.127. The number of hydrogen-bond acceptors (Lipinski definition) is 3. The molecule has 0 aromatic heterocycles. The van der Waals surface area contributed by atoms with Crippen molar-refractivity contribution >= 4 is 11.9 Å². The second kappa shape index (κ2) is 10.8. The topological polar surface area (TPSA) is 57.2 Å². The number of aliphatic imine (C=N–C) groups is 1. The first kappa shape index (κ1) is 21.0. The van der Waals surface area contributed by atoms with Gasteiger partial charge in [0.05, 0.1) is 6.10 Å². The Morgan fingerprint density at radius 2 is 1.85 bits per heavy atom. The number of piperidine rings is 1. The maximum atomic E-state index is 11.9. The molecule has 0 aromatic carbocycles. The van der Waals surface area contributed by atoms with Crippen LogP contribution in [0.4, 0.5) is 0 Å². The second-order valence-corrected chi connectivity index (χ2v) is 8.37. The number of guanidine groups is 1. The van der Waals surface area contributed by atoms with Gasteiger partial charge in [-0.05, 0) is 37.5 Å². The van der Waals surface area contributed by atoms with Crippen LogP contribution in [0.5, 0.6) is 0 Å². The number of rotatable bonds is 7. The molecular weight excluding hydrogens is 328 g/mol. The number of hydrogen-bond donors (Lipinski definition) is 1. The van der Waals surface area contributed by atoms with Crippen molar-refractivity contribution in [3.8, 4) is 0 Å². The third kappa shape index (κ3) is 7.14. The molecule has 1 amide bonds. The van der Waals surface area contributed by atoms with Crippen LogP contribution in [-0.4, -0.2) is 74.7 Å². The summed E-state index contributed by atoms with van der Waals surface area (Å²) < 4.78 is 6.18. The number of nitrogens with zero attached hydrogens (tertiary/aromatic N) is 3. The standard InChI is InChI=1S/C20H38N4O2/c1-16(2)13-21-20(22-14-19(25)23(3)4)24-11-9-18(10-12-24)26-15-17-7-5-6-8-17/h16-18H,5-15H2,1-4H3,(H,21,22). The summed E-state index contributed by atoms with van der Waals surface area (Å²) in [5.74, 6) is 2.22. The van der Waals surface area contributed by atoms with E-state index in [1.807, 2.05) is 0 Å². The molecule has 26 heavy (non-hydrogen) atoms. The average molecular weight is 367 g/mol. The van der Waals surface area contributed by atoms with Crippen molar-refractivity contribution in [1.82, 2.24) is 15.1 Å². The van der Waals surface area contributed by atoms with Crippen LogP contribution < -0.4 is 5.32 Å². The van der Waals surface area contributed by atoms with Gasteiger partial charge in [-0.3, -0.25) is 4.79 Å². The SMILES string of the molecule is CC(C)CNC(=NCC(=O)N(C)C)N1CCC(OCC2CCCC2)CC1. The minimum atomic E-state index is 0.0311. The number of likely N-dealkylation sites (N-methyl/N-ethyl adjacent to an activating group) is 1. The van der Waals surface area contributed by atoms with Crippen LogP contribution in [0.2, 0.25) is 0 Å². The Morgan fingerprint density at radius 1 is 1.19 bits per heavy atom. The first-order valence-electron chi connectivity index (χ1n) is 10.3. The van der Waals surface area contributed by atoms with Gasteiger partial charge in [-0.25, -0.2) is 4.99 Å². The van der Waals surface area contributed by atoms with Crippen molar-refractivity contribution in [2.75, 3.05) is 46.9 Å². The Kier molecular flexibility index (Phi) is 8.69. The molecule has 150 valence electrons. The summed E-state index contributed by atoms with van der Waals surface area (Å²) in [6, 6.07) is 0. The van der Waals surface area contributed by atoms with E-state index in [4.69, 9.17) is 4.74 Å². The highest BCUT2D eigenvalue weighted by molar-refractivity contribution is 5.84. The molecule has 1 aliphatic heterocycles. The van der Waals surface area contributed by atoms with Crippen molar-refractivity contribution in [3.05, 3.63) is 0 Å². The summed E-state index contributed by atoms with van der Waals surface area (Å²) in [5, 5.41) is 3.44. The Hall–Kier alpha value is -1.30.